The Morgan fingerprint density at radius 1 is 1.00 bits per heavy atom. The number of halogens is 5. The van der Waals surface area contributed by atoms with Crippen LogP contribution in [0.4, 0.5) is 17.6 Å². The van der Waals surface area contributed by atoms with Gasteiger partial charge in [-0.2, -0.15) is 0 Å². The van der Waals surface area contributed by atoms with E-state index in [-0.39, 0.29) is 17.6 Å². The molecule has 8 heteroatoms. The first-order chi connectivity index (χ1) is 12.3. The average molecular weight is 433 g/mol. The molecule has 1 aliphatic rings. The summed E-state index contributed by atoms with van der Waals surface area (Å²) in [5.74, 6) is -0.623. The van der Waals surface area contributed by atoms with Gasteiger partial charge >= 0.3 is 6.36 Å². The summed E-state index contributed by atoms with van der Waals surface area (Å²) < 4.78 is 55.0. The van der Waals surface area contributed by atoms with Crippen LogP contribution in [0.2, 0.25) is 0 Å². The molecule has 0 bridgehead atoms. The smallest absolute Gasteiger partial charge is 0.406 e. The average Bonchev–Trinajstić information content (AvgIpc) is 2.59. The Bertz CT molecular complexity index is 746. The molecule has 140 valence electrons. The summed E-state index contributed by atoms with van der Waals surface area (Å²) in [6.45, 7) is 3.18. The minimum Gasteiger partial charge on any atom is -0.406 e. The van der Waals surface area contributed by atoms with Crippen molar-refractivity contribution >= 4 is 15.9 Å². The van der Waals surface area contributed by atoms with Gasteiger partial charge in [-0.05, 0) is 51.3 Å². The lowest BCUT2D eigenvalue weighted by atomic mass is 9.96. The molecule has 1 N–H and O–H groups in total. The molecule has 3 rings (SSSR count). The van der Waals surface area contributed by atoms with Crippen LogP contribution in [0.3, 0.4) is 0 Å². The summed E-state index contributed by atoms with van der Waals surface area (Å²) in [6, 6.07) is 10.4. The first-order valence-corrected chi connectivity index (χ1v) is 8.88. The van der Waals surface area contributed by atoms with E-state index < -0.39 is 6.36 Å². The topological polar surface area (TPSA) is 24.5 Å². The molecule has 3 nitrogen and oxygen atoms in total. The summed E-state index contributed by atoms with van der Waals surface area (Å²) in [5, 5.41) is 3.27. The molecule has 0 spiro atoms. The van der Waals surface area contributed by atoms with Gasteiger partial charge in [0.05, 0.1) is 10.5 Å². The monoisotopic (exact) mass is 432 g/mol. The molecule has 0 radical (unpaired) electrons. The molecule has 2 aromatic rings. The molecular weight excluding hydrogens is 416 g/mol. The molecule has 26 heavy (non-hydrogen) atoms. The summed E-state index contributed by atoms with van der Waals surface area (Å²) in [4.78, 5) is 2.22. The minimum atomic E-state index is -4.72. The summed E-state index contributed by atoms with van der Waals surface area (Å²) in [6.07, 6.45) is -4.72. The normalized spacial score (nSPS) is 17.1. The maximum atomic E-state index is 13.6. The van der Waals surface area contributed by atoms with Gasteiger partial charge in [0.2, 0.25) is 0 Å². The number of nitrogens with one attached hydrogen (secondary N) is 1. The van der Waals surface area contributed by atoms with E-state index in [0.29, 0.717) is 4.47 Å². The zero-order valence-corrected chi connectivity index (χ0v) is 15.3. The van der Waals surface area contributed by atoms with E-state index >= 15 is 0 Å². The van der Waals surface area contributed by atoms with Gasteiger partial charge in [0.15, 0.2) is 0 Å². The third kappa shape index (κ3) is 4.75. The van der Waals surface area contributed by atoms with E-state index in [9.17, 15) is 17.6 Å². The Labute approximate surface area is 157 Å². The Morgan fingerprint density at radius 2 is 1.62 bits per heavy atom. The number of piperazine rings is 1. The highest BCUT2D eigenvalue weighted by Gasteiger charge is 2.31. The van der Waals surface area contributed by atoms with E-state index in [1.165, 1.54) is 18.2 Å². The van der Waals surface area contributed by atoms with Crippen LogP contribution in [0.1, 0.15) is 17.2 Å². The van der Waals surface area contributed by atoms with Crippen molar-refractivity contribution in [3.63, 3.8) is 0 Å². The van der Waals surface area contributed by atoms with Gasteiger partial charge in [-0.15, -0.1) is 13.2 Å². The van der Waals surface area contributed by atoms with E-state index in [4.69, 9.17) is 0 Å². The van der Waals surface area contributed by atoms with Gasteiger partial charge in [-0.3, -0.25) is 4.90 Å². The van der Waals surface area contributed by atoms with Gasteiger partial charge < -0.3 is 10.1 Å². The zero-order chi connectivity index (χ0) is 18.7. The predicted molar refractivity (Wildman–Crippen MR) is 93.5 cm³/mol. The zero-order valence-electron chi connectivity index (χ0n) is 13.7. The Kier molecular flexibility index (Phi) is 5.84. The molecule has 1 saturated heterocycles. The maximum Gasteiger partial charge on any atom is 0.573 e. The summed E-state index contributed by atoms with van der Waals surface area (Å²) >= 11 is 3.20. The fourth-order valence-corrected chi connectivity index (χ4v) is 3.49. The predicted octanol–water partition coefficient (Wildman–Crippen LogP) is 4.48. The first kappa shape index (κ1) is 19.1. The van der Waals surface area contributed by atoms with Gasteiger partial charge in [0.1, 0.15) is 11.6 Å². The number of rotatable bonds is 4. The first-order valence-electron chi connectivity index (χ1n) is 8.09. The van der Waals surface area contributed by atoms with Crippen molar-refractivity contribution in [2.75, 3.05) is 26.2 Å². The van der Waals surface area contributed by atoms with Crippen LogP contribution in [0.5, 0.6) is 5.75 Å². The molecule has 1 aliphatic heterocycles. The molecule has 0 unspecified atom stereocenters. The van der Waals surface area contributed by atoms with Crippen molar-refractivity contribution in [1.82, 2.24) is 10.2 Å². The van der Waals surface area contributed by atoms with E-state index in [2.05, 4.69) is 30.9 Å². The van der Waals surface area contributed by atoms with Crippen molar-refractivity contribution in [3.05, 3.63) is 63.9 Å². The molecule has 0 amide bonds. The van der Waals surface area contributed by atoms with Crippen molar-refractivity contribution in [2.45, 2.75) is 12.4 Å². The van der Waals surface area contributed by atoms with Gasteiger partial charge in [0, 0.05) is 26.2 Å². The number of hydrogen-bond acceptors (Lipinski definition) is 3. The maximum absolute atomic E-state index is 13.6. The second kappa shape index (κ2) is 7.94. The molecule has 1 heterocycles. The van der Waals surface area contributed by atoms with Crippen LogP contribution in [0.15, 0.2) is 46.9 Å². The second-order valence-electron chi connectivity index (χ2n) is 5.98. The molecule has 2 aromatic carbocycles. The van der Waals surface area contributed by atoms with Gasteiger partial charge in [-0.25, -0.2) is 4.39 Å². The molecule has 1 atom stereocenters. The lowest BCUT2D eigenvalue weighted by Crippen LogP contribution is -2.45. The van der Waals surface area contributed by atoms with Crippen LogP contribution in [-0.4, -0.2) is 37.4 Å². The van der Waals surface area contributed by atoms with Crippen LogP contribution in [-0.2, 0) is 0 Å². The number of benzene rings is 2. The molecule has 0 aliphatic carbocycles. The Balaban J connectivity index is 1.93. The van der Waals surface area contributed by atoms with Crippen molar-refractivity contribution < 1.29 is 22.3 Å². The number of ether oxygens (including phenoxy) is 1. The number of alkyl halides is 3. The van der Waals surface area contributed by atoms with E-state index in [1.54, 1.807) is 24.3 Å². The van der Waals surface area contributed by atoms with Gasteiger partial charge in [0.25, 0.3) is 0 Å². The van der Waals surface area contributed by atoms with E-state index in [1.807, 2.05) is 0 Å². The SMILES string of the molecule is Fc1ccc([C@@H](c2ccc(OC(F)(F)F)cc2)N2CCNCC2)cc1Br. The molecule has 0 saturated carbocycles. The highest BCUT2D eigenvalue weighted by atomic mass is 79.9. The molecular formula is C18H17BrF4N2O. The highest BCUT2D eigenvalue weighted by Crippen LogP contribution is 2.33. The number of nitrogens with zero attached hydrogens (tertiary/aromatic N) is 1. The quantitative estimate of drug-likeness (QED) is 0.720. The number of hydrogen-bond donors (Lipinski definition) is 1. The fourth-order valence-electron chi connectivity index (χ4n) is 3.09. The van der Waals surface area contributed by atoms with Crippen molar-refractivity contribution in [3.8, 4) is 5.75 Å². The highest BCUT2D eigenvalue weighted by molar-refractivity contribution is 9.10. The van der Waals surface area contributed by atoms with E-state index in [0.717, 1.165) is 37.3 Å². The molecule has 1 fully saturated rings. The van der Waals surface area contributed by atoms with Crippen molar-refractivity contribution in [2.24, 2.45) is 0 Å². The Morgan fingerprint density at radius 3 is 2.19 bits per heavy atom. The largest absolute Gasteiger partial charge is 0.573 e. The lowest BCUT2D eigenvalue weighted by molar-refractivity contribution is -0.274. The van der Waals surface area contributed by atoms with Crippen LogP contribution in [0.25, 0.3) is 0 Å². The van der Waals surface area contributed by atoms with Crippen LogP contribution < -0.4 is 10.1 Å². The fraction of sp³-hybridized carbons (Fsp3) is 0.333. The van der Waals surface area contributed by atoms with Crippen LogP contribution >= 0.6 is 15.9 Å². The second-order valence-corrected chi connectivity index (χ2v) is 6.83. The third-order valence-electron chi connectivity index (χ3n) is 4.21. The molecule has 0 aromatic heterocycles. The summed E-state index contributed by atoms with van der Waals surface area (Å²) in [7, 11) is 0. The minimum absolute atomic E-state index is 0.186. The third-order valence-corrected chi connectivity index (χ3v) is 4.81. The standard InChI is InChI=1S/C18H17BrF4N2O/c19-15-11-13(3-6-16(15)20)17(25-9-7-24-8-10-25)12-1-4-14(5-2-12)26-18(21,22)23/h1-6,11,17,24H,7-10H2/t17-/m1/s1. The van der Waals surface area contributed by atoms with Crippen LogP contribution in [0, 0.1) is 5.82 Å². The Hall–Kier alpha value is -1.64. The lowest BCUT2D eigenvalue weighted by Gasteiger charge is -2.35. The summed E-state index contributed by atoms with van der Waals surface area (Å²) in [5.41, 5.74) is 1.68. The van der Waals surface area contributed by atoms with Crippen molar-refractivity contribution in [1.29, 1.82) is 0 Å². The van der Waals surface area contributed by atoms with Gasteiger partial charge in [-0.1, -0.05) is 18.2 Å².